The zero-order valence-electron chi connectivity index (χ0n) is 31.8. The molecule has 1 saturated carbocycles. The number of likely N-dealkylation sites (tertiary alicyclic amines) is 1. The van der Waals surface area contributed by atoms with Crippen LogP contribution in [0.2, 0.25) is 5.04 Å². The van der Waals surface area contributed by atoms with E-state index in [1.165, 1.54) is 12.8 Å². The highest BCUT2D eigenvalue weighted by atomic mass is 28.4. The number of nitrogens with zero attached hydrogens (tertiary/aromatic N) is 2. The molecule has 1 aliphatic heterocycles. The van der Waals surface area contributed by atoms with Gasteiger partial charge in [0, 0.05) is 18.5 Å². The summed E-state index contributed by atoms with van der Waals surface area (Å²) < 4.78 is 18.0. The van der Waals surface area contributed by atoms with Crippen molar-refractivity contribution < 1.29 is 28.7 Å². The van der Waals surface area contributed by atoms with Crippen molar-refractivity contribution >= 4 is 35.8 Å². The number of carbonyl (C=O) groups excluding carboxylic acids is 1. The summed E-state index contributed by atoms with van der Waals surface area (Å²) in [5.41, 5.74) is 1.65. The Morgan fingerprint density at radius 3 is 2.10 bits per heavy atom. The molecule has 2 atom stereocenters. The van der Waals surface area contributed by atoms with E-state index < -0.39 is 13.9 Å². The van der Waals surface area contributed by atoms with E-state index in [1.807, 2.05) is 74.2 Å². The van der Waals surface area contributed by atoms with Crippen LogP contribution < -0.4 is 15.1 Å². The van der Waals surface area contributed by atoms with E-state index in [4.69, 9.17) is 14.0 Å². The maximum atomic E-state index is 12.8. The van der Waals surface area contributed by atoms with Gasteiger partial charge in [0.2, 0.25) is 0 Å². The summed E-state index contributed by atoms with van der Waals surface area (Å²) in [5.74, 6) is 1.89. The molecule has 0 bridgehead atoms. The Kier molecular flexibility index (Phi) is 11.8. The number of carbonyl (C=O) groups is 1. The number of aromatic nitrogens is 1. The van der Waals surface area contributed by atoms with Crippen molar-refractivity contribution in [3.63, 3.8) is 0 Å². The monoisotopic (exact) mass is 726 g/mol. The van der Waals surface area contributed by atoms with Crippen LogP contribution >= 0.6 is 0 Å². The van der Waals surface area contributed by atoms with Crippen LogP contribution in [-0.2, 0) is 17.8 Å². The van der Waals surface area contributed by atoms with E-state index in [0.717, 1.165) is 66.4 Å². The van der Waals surface area contributed by atoms with Crippen LogP contribution in [0.25, 0.3) is 11.0 Å². The van der Waals surface area contributed by atoms with Crippen LogP contribution in [0, 0.1) is 17.8 Å². The molecule has 1 aromatic heterocycles. The molecule has 2 heterocycles. The molecule has 2 aliphatic rings. The Morgan fingerprint density at radius 2 is 1.50 bits per heavy atom. The quantitative estimate of drug-likeness (QED) is 0.143. The molecule has 1 saturated heterocycles. The van der Waals surface area contributed by atoms with E-state index in [0.29, 0.717) is 54.3 Å². The van der Waals surface area contributed by atoms with E-state index in [2.05, 4.69) is 43.3 Å². The highest BCUT2D eigenvalue weighted by Crippen LogP contribution is 2.47. The van der Waals surface area contributed by atoms with Crippen LogP contribution in [0.15, 0.2) is 77.3 Å². The lowest BCUT2D eigenvalue weighted by molar-refractivity contribution is 0.0181. The first-order chi connectivity index (χ1) is 24.9. The van der Waals surface area contributed by atoms with Gasteiger partial charge in [0.05, 0.1) is 24.5 Å². The maximum Gasteiger partial charge on any atom is 0.410 e. The van der Waals surface area contributed by atoms with E-state index in [9.17, 15) is 14.7 Å². The Morgan fingerprint density at radius 1 is 0.885 bits per heavy atom. The molecule has 4 aromatic rings. The molecule has 8 nitrogen and oxygen atoms in total. The average Bonchev–Trinajstić information content (AvgIpc) is 3.56. The molecule has 280 valence electrons. The smallest absolute Gasteiger partial charge is 0.410 e. The lowest BCUT2D eigenvalue weighted by atomic mass is 9.75. The molecule has 0 spiro atoms. The van der Waals surface area contributed by atoms with Crippen LogP contribution in [0.1, 0.15) is 97.2 Å². The fourth-order valence-electron chi connectivity index (χ4n) is 8.71. The first kappa shape index (κ1) is 38.1. The second-order valence-electron chi connectivity index (χ2n) is 16.8. The number of rotatable bonds is 12. The summed E-state index contributed by atoms with van der Waals surface area (Å²) in [6, 6.07) is 24.6. The predicted molar refractivity (Wildman–Crippen MR) is 209 cm³/mol. The molecule has 1 aliphatic carbocycles. The zero-order valence-corrected chi connectivity index (χ0v) is 32.8. The van der Waals surface area contributed by atoms with Crippen LogP contribution in [0.5, 0.6) is 5.75 Å². The molecular formula is C43H58N2O6Si. The Bertz CT molecular complexity index is 1720. The normalized spacial score (nSPS) is 19.2. The highest BCUT2D eigenvalue weighted by Gasteiger charge is 2.51. The van der Waals surface area contributed by atoms with Crippen molar-refractivity contribution in [2.45, 2.75) is 110 Å². The summed E-state index contributed by atoms with van der Waals surface area (Å²) >= 11 is 0. The van der Waals surface area contributed by atoms with Gasteiger partial charge in [-0.2, -0.15) is 0 Å². The average molecular weight is 727 g/mol. The van der Waals surface area contributed by atoms with Gasteiger partial charge in [-0.1, -0.05) is 98.9 Å². The third-order valence-corrected chi connectivity index (χ3v) is 16.1. The van der Waals surface area contributed by atoms with Gasteiger partial charge in [-0.25, -0.2) is 4.79 Å². The summed E-state index contributed by atoms with van der Waals surface area (Å²) in [6.45, 7) is 12.0. The van der Waals surface area contributed by atoms with Gasteiger partial charge in [-0.15, -0.1) is 0 Å². The minimum absolute atomic E-state index is 0.196. The molecule has 3 aromatic carbocycles. The van der Waals surface area contributed by atoms with Crippen LogP contribution in [0.4, 0.5) is 4.79 Å². The predicted octanol–water partition coefficient (Wildman–Crippen LogP) is 8.01. The molecule has 6 rings (SSSR count). The van der Waals surface area contributed by atoms with Gasteiger partial charge in [-0.05, 0) is 105 Å². The van der Waals surface area contributed by atoms with Crippen molar-refractivity contribution in [2.24, 2.45) is 17.8 Å². The Hall–Kier alpha value is -3.66. The number of hydrogen-bond acceptors (Lipinski definition) is 7. The second-order valence-corrected chi connectivity index (χ2v) is 20.7. The first-order valence-electron chi connectivity index (χ1n) is 19.3. The number of piperidine rings is 1. The fourth-order valence-corrected chi connectivity index (χ4v) is 12.5. The second kappa shape index (κ2) is 16.1. The van der Waals surface area contributed by atoms with Gasteiger partial charge in [-0.3, -0.25) is 0 Å². The van der Waals surface area contributed by atoms with E-state index in [-0.39, 0.29) is 17.7 Å². The number of aliphatic hydroxyl groups excluding tert-OH is 1. The van der Waals surface area contributed by atoms with Gasteiger partial charge in [0.25, 0.3) is 8.32 Å². The largest absolute Gasteiger partial charge is 0.493 e. The molecule has 0 unspecified atom stereocenters. The highest BCUT2D eigenvalue weighted by molar-refractivity contribution is 6.98. The molecular weight excluding hydrogens is 669 g/mol. The standard InChI is InChI=1S/C43H58N2O6Si/c1-42(2,3)50-41(47)45-26-24-31(25-27-45)20-22-38-36-21-23-39(37(29-46)40(36)51-44-38)49-30-33-15-13-12-14-32(33)28-43(4,5)52(48,34-16-8-6-9-17-34)35-18-10-7-11-19-35/h6-11,16-19,21,23,31-33,46,48H,12-15,20,22,24-30H2,1-5H3/t32-,33-/m0/s1. The molecule has 0 radical (unpaired) electrons. The molecule has 52 heavy (non-hydrogen) atoms. The topological polar surface area (TPSA) is 105 Å². The van der Waals surface area contributed by atoms with E-state index in [1.54, 1.807) is 0 Å². The zero-order chi connectivity index (χ0) is 36.9. The summed E-state index contributed by atoms with van der Waals surface area (Å²) in [4.78, 5) is 27.1. The fraction of sp³-hybridized carbons (Fsp3) is 0.535. The Labute approximate surface area is 310 Å². The van der Waals surface area contributed by atoms with Crippen molar-refractivity contribution in [3.05, 3.63) is 84.1 Å². The SMILES string of the molecule is CC(C)(C)OC(=O)N1CCC(CCc2noc3c(CO)c(OC[C@@H]4CCCC[C@H]4CC(C)(C)[Si](O)(c4ccccc4)c4ccccc4)ccc23)CC1. The number of hydrogen-bond donors (Lipinski definition) is 2. The van der Waals surface area contributed by atoms with E-state index >= 15 is 0 Å². The lowest BCUT2D eigenvalue weighted by Crippen LogP contribution is -2.65. The van der Waals surface area contributed by atoms with Gasteiger partial charge in [0.1, 0.15) is 11.4 Å². The third kappa shape index (κ3) is 8.42. The van der Waals surface area contributed by atoms with Crippen LogP contribution in [0.3, 0.4) is 0 Å². The molecule has 1 amide bonds. The van der Waals surface area contributed by atoms with Crippen molar-refractivity contribution in [2.75, 3.05) is 19.7 Å². The number of aryl methyl sites for hydroxylation is 1. The maximum absolute atomic E-state index is 12.8. The lowest BCUT2D eigenvalue weighted by Gasteiger charge is -2.45. The number of benzene rings is 3. The minimum Gasteiger partial charge on any atom is -0.493 e. The molecule has 2 N–H and O–H groups in total. The van der Waals surface area contributed by atoms with Gasteiger partial charge >= 0.3 is 6.09 Å². The molecule has 2 fully saturated rings. The van der Waals surface area contributed by atoms with Crippen molar-refractivity contribution in [3.8, 4) is 5.75 Å². The minimum atomic E-state index is -3.12. The number of fused-ring (bicyclic) bond motifs is 1. The summed E-state index contributed by atoms with van der Waals surface area (Å²) in [5, 5.41) is 17.6. The van der Waals surface area contributed by atoms with Crippen LogP contribution in [-0.4, -0.2) is 59.7 Å². The van der Waals surface area contributed by atoms with Crippen molar-refractivity contribution in [1.82, 2.24) is 10.1 Å². The van der Waals surface area contributed by atoms with Crippen molar-refractivity contribution in [1.29, 1.82) is 0 Å². The summed E-state index contributed by atoms with van der Waals surface area (Å²) in [7, 11) is -3.12. The molecule has 9 heteroatoms. The first-order valence-corrected chi connectivity index (χ1v) is 21.3. The van der Waals surface area contributed by atoms with Gasteiger partial charge in [0.15, 0.2) is 5.58 Å². The summed E-state index contributed by atoms with van der Waals surface area (Å²) in [6.07, 6.45) is 8.84. The number of ether oxygens (including phenoxy) is 2. The number of amides is 1. The Balaban J connectivity index is 1.11. The third-order valence-electron chi connectivity index (χ3n) is 11.6. The number of aliphatic hydroxyl groups is 1. The van der Waals surface area contributed by atoms with Gasteiger partial charge < -0.3 is 28.8 Å².